The number of thiocarbonyl (C=S) groups is 1. The van der Waals surface area contributed by atoms with Crippen LogP contribution >= 0.6 is 23.6 Å². The van der Waals surface area contributed by atoms with Gasteiger partial charge in [0.15, 0.2) is 5.11 Å². The fraction of sp³-hybridized carbons (Fsp3) is 0.129. The highest BCUT2D eigenvalue weighted by Gasteiger charge is 2.19. The Kier molecular flexibility index (Phi) is 8.45. The number of anilines is 1. The first-order chi connectivity index (χ1) is 19.1. The Hall–Kier alpha value is -4.27. The molecular formula is C31H28N4O2S2. The lowest BCUT2D eigenvalue weighted by Crippen LogP contribution is -2.28. The van der Waals surface area contributed by atoms with Crippen LogP contribution in [0.25, 0.3) is 16.9 Å². The molecular weight excluding hydrogens is 525 g/mol. The third-order valence-electron chi connectivity index (χ3n) is 6.02. The minimum absolute atomic E-state index is 0.304. The minimum atomic E-state index is -0.367. The molecule has 0 amide bonds. The van der Waals surface area contributed by atoms with E-state index in [9.17, 15) is 4.79 Å². The lowest BCUT2D eigenvalue weighted by molar-refractivity contribution is 0.0528. The van der Waals surface area contributed by atoms with Crippen molar-refractivity contribution in [3.8, 4) is 16.9 Å². The highest BCUT2D eigenvalue weighted by molar-refractivity contribution is 7.80. The van der Waals surface area contributed by atoms with Gasteiger partial charge >= 0.3 is 5.97 Å². The highest BCUT2D eigenvalue weighted by atomic mass is 32.1. The van der Waals surface area contributed by atoms with E-state index in [1.165, 1.54) is 16.9 Å². The van der Waals surface area contributed by atoms with Gasteiger partial charge in [-0.2, -0.15) is 5.10 Å². The molecule has 0 saturated carbocycles. The van der Waals surface area contributed by atoms with Crippen molar-refractivity contribution >= 4 is 39.6 Å². The van der Waals surface area contributed by atoms with Crippen molar-refractivity contribution in [1.82, 2.24) is 15.1 Å². The number of hydrogen-bond donors (Lipinski definition) is 2. The average Bonchev–Trinajstić information content (AvgIpc) is 3.58. The third kappa shape index (κ3) is 6.60. The molecule has 5 aromatic rings. The maximum atomic E-state index is 12.7. The zero-order valence-corrected chi connectivity index (χ0v) is 23.1. The van der Waals surface area contributed by atoms with Crippen molar-refractivity contribution in [2.75, 3.05) is 11.9 Å². The van der Waals surface area contributed by atoms with Crippen molar-refractivity contribution in [2.45, 2.75) is 19.9 Å². The lowest BCUT2D eigenvalue weighted by atomic mass is 10.1. The molecule has 3 aromatic carbocycles. The van der Waals surface area contributed by atoms with Gasteiger partial charge in [-0.25, -0.2) is 9.48 Å². The van der Waals surface area contributed by atoms with Gasteiger partial charge in [-0.1, -0.05) is 78.9 Å². The Morgan fingerprint density at radius 2 is 1.64 bits per heavy atom. The van der Waals surface area contributed by atoms with E-state index >= 15 is 0 Å². The van der Waals surface area contributed by atoms with Crippen LogP contribution in [-0.4, -0.2) is 27.5 Å². The second-order valence-corrected chi connectivity index (χ2v) is 10.3. The van der Waals surface area contributed by atoms with E-state index in [0.29, 0.717) is 28.8 Å². The number of para-hydroxylation sites is 1. The number of nitrogens with zero attached hydrogens (tertiary/aromatic N) is 2. The molecule has 196 valence electrons. The summed E-state index contributed by atoms with van der Waals surface area (Å²) in [6.07, 6.45) is 2.74. The molecule has 5 rings (SSSR count). The second kappa shape index (κ2) is 12.5. The minimum Gasteiger partial charge on any atom is -0.462 e. The Bertz CT molecular complexity index is 1550. The smallest absolute Gasteiger partial charge is 0.341 e. The Morgan fingerprint density at radius 1 is 0.974 bits per heavy atom. The van der Waals surface area contributed by atoms with Crippen LogP contribution in [0.4, 0.5) is 5.00 Å². The number of carbonyl (C=O) groups excluding carboxylic acids is 1. The summed E-state index contributed by atoms with van der Waals surface area (Å²) in [6, 6.07) is 32.1. The molecule has 6 nitrogen and oxygen atoms in total. The van der Waals surface area contributed by atoms with E-state index in [0.717, 1.165) is 33.8 Å². The third-order valence-corrected chi connectivity index (χ3v) is 7.32. The maximum absolute atomic E-state index is 12.7. The molecule has 0 saturated heterocycles. The number of carbonyl (C=O) groups is 1. The second-order valence-electron chi connectivity index (χ2n) is 8.80. The highest BCUT2D eigenvalue weighted by Crippen LogP contribution is 2.31. The molecule has 0 bridgehead atoms. The van der Waals surface area contributed by atoms with Gasteiger partial charge in [-0.3, -0.25) is 0 Å². The maximum Gasteiger partial charge on any atom is 0.341 e. The summed E-state index contributed by atoms with van der Waals surface area (Å²) in [5.74, 6) is -0.367. The summed E-state index contributed by atoms with van der Waals surface area (Å²) < 4.78 is 7.18. The molecule has 0 spiro atoms. The van der Waals surface area contributed by atoms with Gasteiger partial charge in [-0.05, 0) is 42.9 Å². The van der Waals surface area contributed by atoms with E-state index in [1.807, 2.05) is 95.8 Å². The average molecular weight is 553 g/mol. The quantitative estimate of drug-likeness (QED) is 0.154. The number of aromatic nitrogens is 2. The molecule has 2 N–H and O–H groups in total. The molecule has 0 unspecified atom stereocenters. The standard InChI is InChI=1S/C31H28N4O2S2/c1-2-37-30(36)27-19-26(18-22-12-6-3-7-13-22)39-29(27)33-31(38)32-20-24-21-35(25-16-10-5-11-17-25)34-28(24)23-14-8-4-9-15-23/h3-17,19,21H,2,18,20H2,1H3,(H2,32,33,38). The topological polar surface area (TPSA) is 68.2 Å². The van der Waals surface area contributed by atoms with Crippen LogP contribution in [0.5, 0.6) is 0 Å². The Morgan fingerprint density at radius 3 is 2.33 bits per heavy atom. The van der Waals surface area contributed by atoms with Crippen LogP contribution in [0.3, 0.4) is 0 Å². The van der Waals surface area contributed by atoms with Gasteiger partial charge < -0.3 is 15.4 Å². The van der Waals surface area contributed by atoms with Crippen LogP contribution in [0.2, 0.25) is 0 Å². The number of rotatable bonds is 9. The Balaban J connectivity index is 1.34. The van der Waals surface area contributed by atoms with Crippen molar-refractivity contribution in [3.63, 3.8) is 0 Å². The molecule has 2 aromatic heterocycles. The summed E-state index contributed by atoms with van der Waals surface area (Å²) in [6.45, 7) is 2.56. The molecule has 0 fully saturated rings. The van der Waals surface area contributed by atoms with Gasteiger partial charge in [0.2, 0.25) is 0 Å². The number of nitrogens with one attached hydrogen (secondary N) is 2. The summed E-state index contributed by atoms with van der Waals surface area (Å²) in [5.41, 5.74) is 5.53. The molecule has 2 heterocycles. The fourth-order valence-electron chi connectivity index (χ4n) is 4.19. The van der Waals surface area contributed by atoms with Gasteiger partial charge in [0.1, 0.15) is 5.00 Å². The van der Waals surface area contributed by atoms with Crippen molar-refractivity contribution in [2.24, 2.45) is 0 Å². The predicted octanol–water partition coefficient (Wildman–Crippen LogP) is 6.85. The van der Waals surface area contributed by atoms with Gasteiger partial charge in [0.25, 0.3) is 0 Å². The largest absolute Gasteiger partial charge is 0.462 e. The summed E-state index contributed by atoms with van der Waals surface area (Å²) in [7, 11) is 0. The van der Waals surface area contributed by atoms with E-state index in [-0.39, 0.29) is 5.97 Å². The molecule has 8 heteroatoms. The zero-order chi connectivity index (χ0) is 27.0. The monoisotopic (exact) mass is 552 g/mol. The van der Waals surface area contributed by atoms with Crippen molar-refractivity contribution in [3.05, 3.63) is 125 Å². The van der Waals surface area contributed by atoms with E-state index in [1.54, 1.807) is 6.92 Å². The van der Waals surface area contributed by atoms with E-state index < -0.39 is 0 Å². The fourth-order valence-corrected chi connectivity index (χ4v) is 5.52. The molecule has 0 radical (unpaired) electrons. The number of esters is 1. The summed E-state index contributed by atoms with van der Waals surface area (Å²) >= 11 is 7.15. The molecule has 0 aliphatic rings. The zero-order valence-electron chi connectivity index (χ0n) is 21.5. The molecule has 0 atom stereocenters. The van der Waals surface area contributed by atoms with E-state index in [2.05, 4.69) is 22.8 Å². The molecule has 39 heavy (non-hydrogen) atoms. The first-order valence-corrected chi connectivity index (χ1v) is 13.9. The predicted molar refractivity (Wildman–Crippen MR) is 162 cm³/mol. The number of benzene rings is 3. The van der Waals surface area contributed by atoms with Gasteiger partial charge in [-0.15, -0.1) is 11.3 Å². The van der Waals surface area contributed by atoms with Crippen LogP contribution in [-0.2, 0) is 17.7 Å². The van der Waals surface area contributed by atoms with Gasteiger partial charge in [0.05, 0.1) is 23.6 Å². The molecule has 0 aliphatic carbocycles. The van der Waals surface area contributed by atoms with Crippen molar-refractivity contribution < 1.29 is 9.53 Å². The molecule has 0 aliphatic heterocycles. The number of thiophene rings is 1. The van der Waals surface area contributed by atoms with Crippen LogP contribution in [0, 0.1) is 0 Å². The first-order valence-electron chi connectivity index (χ1n) is 12.7. The SMILES string of the molecule is CCOC(=O)c1cc(Cc2ccccc2)sc1NC(=S)NCc1cn(-c2ccccc2)nc1-c1ccccc1. The van der Waals surface area contributed by atoms with Crippen LogP contribution < -0.4 is 10.6 Å². The summed E-state index contributed by atoms with van der Waals surface area (Å²) in [5, 5.41) is 12.5. The van der Waals surface area contributed by atoms with E-state index in [4.69, 9.17) is 22.1 Å². The number of hydrogen-bond acceptors (Lipinski definition) is 5. The van der Waals surface area contributed by atoms with Crippen LogP contribution in [0.1, 0.15) is 33.3 Å². The number of ether oxygens (including phenoxy) is 1. The summed E-state index contributed by atoms with van der Waals surface area (Å²) in [4.78, 5) is 13.7. The Labute approximate surface area is 237 Å². The lowest BCUT2D eigenvalue weighted by Gasteiger charge is -2.11. The van der Waals surface area contributed by atoms with Crippen molar-refractivity contribution in [1.29, 1.82) is 0 Å². The first kappa shape index (κ1) is 26.3. The normalized spacial score (nSPS) is 10.7. The van der Waals surface area contributed by atoms with Crippen LogP contribution in [0.15, 0.2) is 103 Å². The van der Waals surface area contributed by atoms with Gasteiger partial charge in [0, 0.05) is 35.2 Å².